The van der Waals surface area contributed by atoms with E-state index in [1.807, 2.05) is 6.92 Å². The van der Waals surface area contributed by atoms with Crippen LogP contribution < -0.4 is 5.56 Å². The minimum atomic E-state index is -0.618. The van der Waals surface area contributed by atoms with Gasteiger partial charge >= 0.3 is 0 Å². The Hall–Kier alpha value is -3.26. The number of benzene rings is 2. The molecule has 0 saturated carbocycles. The van der Waals surface area contributed by atoms with Gasteiger partial charge in [-0.2, -0.15) is 0 Å². The van der Waals surface area contributed by atoms with Gasteiger partial charge < -0.3 is 4.90 Å². The van der Waals surface area contributed by atoms with E-state index in [1.165, 1.54) is 22.8 Å². The van der Waals surface area contributed by atoms with Crippen LogP contribution in [0.25, 0.3) is 10.9 Å². The van der Waals surface area contributed by atoms with E-state index in [1.54, 1.807) is 43.1 Å². The van der Waals surface area contributed by atoms with Gasteiger partial charge in [-0.3, -0.25) is 24.3 Å². The van der Waals surface area contributed by atoms with Crippen molar-refractivity contribution >= 4 is 34.1 Å². The highest BCUT2D eigenvalue weighted by Crippen LogP contribution is 2.28. The smallest absolute Gasteiger partial charge is 0.288 e. The highest BCUT2D eigenvalue weighted by molar-refractivity contribution is 6.32. The molecular formula is C22H23ClN4O4. The Labute approximate surface area is 184 Å². The quantitative estimate of drug-likeness (QED) is 0.396. The third-order valence-corrected chi connectivity index (χ3v) is 5.58. The van der Waals surface area contributed by atoms with Gasteiger partial charge in [-0.05, 0) is 37.6 Å². The summed E-state index contributed by atoms with van der Waals surface area (Å²) in [6.45, 7) is 4.22. The monoisotopic (exact) mass is 442 g/mol. The molecule has 162 valence electrons. The molecule has 0 spiro atoms. The standard InChI is InChI=1S/C22H23ClN4O4/c1-4-5-12-26(21(28)15-10-11-17(23)19(13-15)27(30)31)14(2)20-24-18-9-7-6-8-16(18)22(29)25(20)3/h6-11,13-14H,4-5,12H2,1-3H3. The van der Waals surface area contributed by atoms with Crippen LogP contribution in [0.15, 0.2) is 47.3 Å². The predicted molar refractivity (Wildman–Crippen MR) is 119 cm³/mol. The number of nitro groups is 1. The molecule has 0 aliphatic rings. The largest absolute Gasteiger partial charge is 0.329 e. The molecule has 31 heavy (non-hydrogen) atoms. The lowest BCUT2D eigenvalue weighted by atomic mass is 10.1. The van der Waals surface area contributed by atoms with Crippen LogP contribution in [0.4, 0.5) is 5.69 Å². The van der Waals surface area contributed by atoms with Gasteiger partial charge in [-0.25, -0.2) is 4.98 Å². The van der Waals surface area contributed by atoms with Crippen LogP contribution in [0, 0.1) is 10.1 Å². The van der Waals surface area contributed by atoms with E-state index >= 15 is 0 Å². The summed E-state index contributed by atoms with van der Waals surface area (Å²) >= 11 is 5.90. The fraction of sp³-hybridized carbons (Fsp3) is 0.318. The maximum Gasteiger partial charge on any atom is 0.288 e. The number of amides is 1. The van der Waals surface area contributed by atoms with Crippen molar-refractivity contribution in [3.63, 3.8) is 0 Å². The predicted octanol–water partition coefficient (Wildman–Crippen LogP) is 4.50. The first kappa shape index (κ1) is 22.4. The minimum absolute atomic E-state index is 0.0340. The average molecular weight is 443 g/mol. The summed E-state index contributed by atoms with van der Waals surface area (Å²) in [6.07, 6.45) is 1.58. The molecule has 3 aromatic rings. The Bertz CT molecular complexity index is 1210. The number of nitro benzene ring substituents is 1. The van der Waals surface area contributed by atoms with Crippen LogP contribution in [-0.4, -0.2) is 31.8 Å². The minimum Gasteiger partial charge on any atom is -0.329 e. The molecule has 0 N–H and O–H groups in total. The molecular weight excluding hydrogens is 420 g/mol. The number of fused-ring (bicyclic) bond motifs is 1. The van der Waals surface area contributed by atoms with Crippen molar-refractivity contribution in [1.82, 2.24) is 14.5 Å². The molecule has 9 heteroatoms. The summed E-state index contributed by atoms with van der Waals surface area (Å²) in [4.78, 5) is 43.0. The van der Waals surface area contributed by atoms with Gasteiger partial charge in [0.05, 0.1) is 21.9 Å². The van der Waals surface area contributed by atoms with Crippen LogP contribution in [0.5, 0.6) is 0 Å². The number of hydrogen-bond acceptors (Lipinski definition) is 5. The van der Waals surface area contributed by atoms with E-state index in [-0.39, 0.29) is 27.7 Å². The SMILES string of the molecule is CCCCN(C(=O)c1ccc(Cl)c([N+](=O)[O-])c1)C(C)c1nc2ccccc2c(=O)n1C. The molecule has 0 aliphatic heterocycles. The summed E-state index contributed by atoms with van der Waals surface area (Å²) < 4.78 is 1.45. The van der Waals surface area contributed by atoms with E-state index in [9.17, 15) is 19.7 Å². The van der Waals surface area contributed by atoms with Crippen molar-refractivity contribution in [1.29, 1.82) is 0 Å². The third-order valence-electron chi connectivity index (χ3n) is 5.26. The summed E-state index contributed by atoms with van der Waals surface area (Å²) in [7, 11) is 1.63. The van der Waals surface area contributed by atoms with Crippen LogP contribution >= 0.6 is 11.6 Å². The van der Waals surface area contributed by atoms with Gasteiger partial charge in [-0.15, -0.1) is 0 Å². The average Bonchev–Trinajstić information content (AvgIpc) is 2.76. The van der Waals surface area contributed by atoms with E-state index in [2.05, 4.69) is 4.98 Å². The Morgan fingerprint density at radius 1 is 1.29 bits per heavy atom. The molecule has 2 aromatic carbocycles. The van der Waals surface area contributed by atoms with Gasteiger partial charge in [-0.1, -0.05) is 37.1 Å². The van der Waals surface area contributed by atoms with Crippen LogP contribution in [0.3, 0.4) is 0 Å². The van der Waals surface area contributed by atoms with Gasteiger partial charge in [0.1, 0.15) is 10.8 Å². The lowest BCUT2D eigenvalue weighted by molar-refractivity contribution is -0.384. The van der Waals surface area contributed by atoms with Gasteiger partial charge in [0.2, 0.25) is 0 Å². The number of carbonyl (C=O) groups excluding carboxylic acids is 1. The first-order chi connectivity index (χ1) is 14.8. The fourth-order valence-electron chi connectivity index (χ4n) is 3.50. The summed E-state index contributed by atoms with van der Waals surface area (Å²) in [6, 6.07) is 10.5. The van der Waals surface area contributed by atoms with Crippen molar-refractivity contribution in [3.8, 4) is 0 Å². The second-order valence-electron chi connectivity index (χ2n) is 7.30. The zero-order chi connectivity index (χ0) is 22.7. The Kier molecular flexibility index (Phi) is 6.70. The maximum absolute atomic E-state index is 13.4. The van der Waals surface area contributed by atoms with E-state index in [0.717, 1.165) is 12.8 Å². The molecule has 1 amide bonds. The highest BCUT2D eigenvalue weighted by atomic mass is 35.5. The molecule has 3 rings (SSSR count). The normalized spacial score (nSPS) is 12.0. The number of para-hydroxylation sites is 1. The van der Waals surface area contributed by atoms with Crippen molar-refractivity contribution < 1.29 is 9.72 Å². The number of nitrogens with zero attached hydrogens (tertiary/aromatic N) is 4. The number of rotatable bonds is 7. The molecule has 0 bridgehead atoms. The van der Waals surface area contributed by atoms with Crippen LogP contribution in [-0.2, 0) is 7.05 Å². The summed E-state index contributed by atoms with van der Waals surface area (Å²) in [5.74, 6) is 0.0553. The number of unbranched alkanes of at least 4 members (excludes halogenated alkanes) is 1. The summed E-state index contributed by atoms with van der Waals surface area (Å²) in [5, 5.41) is 11.7. The molecule has 0 radical (unpaired) electrons. The molecule has 0 fully saturated rings. The Morgan fingerprint density at radius 2 is 2.00 bits per heavy atom. The van der Waals surface area contributed by atoms with Crippen LogP contribution in [0.2, 0.25) is 5.02 Å². The Balaban J connectivity index is 2.07. The van der Waals surface area contributed by atoms with Crippen molar-refractivity contribution in [2.75, 3.05) is 6.54 Å². The van der Waals surface area contributed by atoms with E-state index in [4.69, 9.17) is 11.6 Å². The molecule has 1 heterocycles. The molecule has 8 nitrogen and oxygen atoms in total. The molecule has 1 atom stereocenters. The van der Waals surface area contributed by atoms with Crippen molar-refractivity contribution in [2.45, 2.75) is 32.7 Å². The molecule has 1 unspecified atom stereocenters. The van der Waals surface area contributed by atoms with Gasteiger partial charge in [0.15, 0.2) is 0 Å². The highest BCUT2D eigenvalue weighted by Gasteiger charge is 2.27. The number of halogens is 1. The second-order valence-corrected chi connectivity index (χ2v) is 7.71. The second kappa shape index (κ2) is 9.26. The Morgan fingerprint density at radius 3 is 2.68 bits per heavy atom. The summed E-state index contributed by atoms with van der Waals surface area (Å²) in [5.41, 5.74) is 0.187. The maximum atomic E-state index is 13.4. The molecule has 0 aliphatic carbocycles. The van der Waals surface area contributed by atoms with Crippen molar-refractivity contribution in [3.05, 3.63) is 79.3 Å². The fourth-order valence-corrected chi connectivity index (χ4v) is 3.69. The number of carbonyl (C=O) groups is 1. The first-order valence-corrected chi connectivity index (χ1v) is 10.3. The van der Waals surface area contributed by atoms with E-state index < -0.39 is 11.0 Å². The van der Waals surface area contributed by atoms with Gasteiger partial charge in [0.25, 0.3) is 17.2 Å². The van der Waals surface area contributed by atoms with Crippen LogP contribution in [0.1, 0.15) is 48.9 Å². The third kappa shape index (κ3) is 4.44. The zero-order valence-corrected chi connectivity index (χ0v) is 18.3. The lowest BCUT2D eigenvalue weighted by Gasteiger charge is -2.30. The molecule has 1 aromatic heterocycles. The topological polar surface area (TPSA) is 98.3 Å². The number of aromatic nitrogens is 2. The molecule has 0 saturated heterocycles. The lowest BCUT2D eigenvalue weighted by Crippen LogP contribution is -2.38. The van der Waals surface area contributed by atoms with Crippen molar-refractivity contribution in [2.24, 2.45) is 7.05 Å². The zero-order valence-electron chi connectivity index (χ0n) is 17.5. The van der Waals surface area contributed by atoms with Gasteiger partial charge in [0, 0.05) is 25.2 Å². The number of hydrogen-bond donors (Lipinski definition) is 0. The van der Waals surface area contributed by atoms with E-state index in [0.29, 0.717) is 23.3 Å². The first-order valence-electron chi connectivity index (χ1n) is 9.96.